The Morgan fingerprint density at radius 3 is 2.72 bits per heavy atom. The zero-order valence-corrected chi connectivity index (χ0v) is 15.4. The third kappa shape index (κ3) is 5.80. The standard InChI is InChI=1S/C20H31N3O2/c1-22-9-6-17(7-10-22)5-8-21-20(24)19-4-2-3-18(15-19)16-23-11-13-25-14-12-23/h2-4,15,17H,5-14,16H2,1H3,(H,21,24). The maximum atomic E-state index is 12.4. The number of nitrogens with one attached hydrogen (secondary N) is 1. The largest absolute Gasteiger partial charge is 0.379 e. The summed E-state index contributed by atoms with van der Waals surface area (Å²) in [4.78, 5) is 17.2. The van der Waals surface area contributed by atoms with E-state index in [1.54, 1.807) is 0 Å². The number of hydrogen-bond donors (Lipinski definition) is 1. The van der Waals surface area contributed by atoms with Crippen molar-refractivity contribution in [1.29, 1.82) is 0 Å². The van der Waals surface area contributed by atoms with Crippen molar-refractivity contribution in [1.82, 2.24) is 15.1 Å². The van der Waals surface area contributed by atoms with Gasteiger partial charge >= 0.3 is 0 Å². The number of amides is 1. The second-order valence-electron chi connectivity index (χ2n) is 7.38. The van der Waals surface area contributed by atoms with Gasteiger partial charge in [0, 0.05) is 31.7 Å². The van der Waals surface area contributed by atoms with Crippen LogP contribution in [0, 0.1) is 5.92 Å². The van der Waals surface area contributed by atoms with E-state index in [0.29, 0.717) is 0 Å². The van der Waals surface area contributed by atoms with Crippen LogP contribution in [0.2, 0.25) is 0 Å². The fourth-order valence-electron chi connectivity index (χ4n) is 3.67. The Bertz CT molecular complexity index is 550. The van der Waals surface area contributed by atoms with Crippen LogP contribution >= 0.6 is 0 Å². The van der Waals surface area contributed by atoms with Gasteiger partial charge in [0.25, 0.3) is 5.91 Å². The summed E-state index contributed by atoms with van der Waals surface area (Å²) in [5, 5.41) is 3.10. The first-order chi connectivity index (χ1) is 12.2. The highest BCUT2D eigenvalue weighted by Crippen LogP contribution is 2.18. The van der Waals surface area contributed by atoms with E-state index in [9.17, 15) is 4.79 Å². The lowest BCUT2D eigenvalue weighted by Gasteiger charge is -2.28. The second kappa shape index (κ2) is 9.32. The molecule has 0 aromatic heterocycles. The predicted octanol–water partition coefficient (Wildman–Crippen LogP) is 1.98. The molecule has 138 valence electrons. The normalized spacial score (nSPS) is 20.5. The quantitative estimate of drug-likeness (QED) is 0.856. The average Bonchev–Trinajstić information content (AvgIpc) is 2.64. The van der Waals surface area contributed by atoms with E-state index in [2.05, 4.69) is 28.2 Å². The molecule has 1 aromatic carbocycles. The van der Waals surface area contributed by atoms with Crippen molar-refractivity contribution in [3.63, 3.8) is 0 Å². The number of piperidine rings is 1. The maximum absolute atomic E-state index is 12.4. The minimum atomic E-state index is 0.0526. The van der Waals surface area contributed by atoms with Crippen LogP contribution in [0.5, 0.6) is 0 Å². The fourth-order valence-corrected chi connectivity index (χ4v) is 3.67. The molecule has 1 amide bonds. The summed E-state index contributed by atoms with van der Waals surface area (Å²) >= 11 is 0. The van der Waals surface area contributed by atoms with Crippen molar-refractivity contribution in [3.05, 3.63) is 35.4 Å². The van der Waals surface area contributed by atoms with Gasteiger partial charge in [-0.15, -0.1) is 0 Å². The summed E-state index contributed by atoms with van der Waals surface area (Å²) in [6.45, 7) is 7.57. The first-order valence-electron chi connectivity index (χ1n) is 9.56. The van der Waals surface area contributed by atoms with Gasteiger partial charge in [0.15, 0.2) is 0 Å². The molecule has 25 heavy (non-hydrogen) atoms. The number of benzene rings is 1. The first-order valence-corrected chi connectivity index (χ1v) is 9.56. The number of morpholine rings is 1. The van der Waals surface area contributed by atoms with Crippen LogP contribution in [0.1, 0.15) is 35.2 Å². The Morgan fingerprint density at radius 1 is 1.20 bits per heavy atom. The summed E-state index contributed by atoms with van der Waals surface area (Å²) in [7, 11) is 2.18. The predicted molar refractivity (Wildman–Crippen MR) is 99.7 cm³/mol. The Morgan fingerprint density at radius 2 is 1.96 bits per heavy atom. The summed E-state index contributed by atoms with van der Waals surface area (Å²) in [5.41, 5.74) is 1.97. The van der Waals surface area contributed by atoms with Crippen LogP contribution in [-0.4, -0.2) is 68.7 Å². The summed E-state index contributed by atoms with van der Waals surface area (Å²) < 4.78 is 5.39. The van der Waals surface area contributed by atoms with Gasteiger partial charge in [-0.25, -0.2) is 0 Å². The molecule has 0 spiro atoms. The van der Waals surface area contributed by atoms with E-state index in [1.165, 1.54) is 31.5 Å². The zero-order valence-electron chi connectivity index (χ0n) is 15.4. The third-order valence-corrected chi connectivity index (χ3v) is 5.38. The van der Waals surface area contributed by atoms with Gasteiger partial charge in [-0.05, 0) is 63.0 Å². The number of ether oxygens (including phenoxy) is 1. The van der Waals surface area contributed by atoms with Gasteiger partial charge in [-0.1, -0.05) is 12.1 Å². The maximum Gasteiger partial charge on any atom is 0.251 e. The van der Waals surface area contributed by atoms with Gasteiger partial charge in [0.1, 0.15) is 0 Å². The monoisotopic (exact) mass is 345 g/mol. The van der Waals surface area contributed by atoms with Gasteiger partial charge < -0.3 is 15.0 Å². The average molecular weight is 345 g/mol. The summed E-state index contributed by atoms with van der Waals surface area (Å²) in [6.07, 6.45) is 3.59. The molecule has 0 radical (unpaired) electrons. The number of nitrogens with zero attached hydrogens (tertiary/aromatic N) is 2. The highest BCUT2D eigenvalue weighted by atomic mass is 16.5. The molecule has 5 nitrogen and oxygen atoms in total. The van der Waals surface area contributed by atoms with Crippen LogP contribution in [0.3, 0.4) is 0 Å². The van der Waals surface area contributed by atoms with Crippen molar-refractivity contribution in [2.75, 3.05) is 53.0 Å². The van der Waals surface area contributed by atoms with E-state index in [-0.39, 0.29) is 5.91 Å². The summed E-state index contributed by atoms with van der Waals surface area (Å²) in [6, 6.07) is 8.03. The van der Waals surface area contributed by atoms with E-state index in [1.807, 2.05) is 18.2 Å². The van der Waals surface area contributed by atoms with E-state index < -0.39 is 0 Å². The summed E-state index contributed by atoms with van der Waals surface area (Å²) in [5.74, 6) is 0.806. The molecular formula is C20H31N3O2. The van der Waals surface area contributed by atoms with Crippen molar-refractivity contribution >= 4 is 5.91 Å². The molecular weight excluding hydrogens is 314 g/mol. The Labute approximate surface area is 151 Å². The molecule has 1 aromatic rings. The SMILES string of the molecule is CN1CCC(CCNC(=O)c2cccc(CN3CCOCC3)c2)CC1. The van der Waals surface area contributed by atoms with E-state index in [0.717, 1.165) is 57.3 Å². The lowest BCUT2D eigenvalue weighted by Crippen LogP contribution is -2.35. The molecule has 1 N–H and O–H groups in total. The highest BCUT2D eigenvalue weighted by molar-refractivity contribution is 5.94. The smallest absolute Gasteiger partial charge is 0.251 e. The lowest BCUT2D eigenvalue weighted by molar-refractivity contribution is 0.0342. The number of likely N-dealkylation sites (tertiary alicyclic amines) is 1. The molecule has 0 atom stereocenters. The Hall–Kier alpha value is -1.43. The van der Waals surface area contributed by atoms with Gasteiger partial charge in [-0.3, -0.25) is 9.69 Å². The Balaban J connectivity index is 1.44. The number of carbonyl (C=O) groups is 1. The van der Waals surface area contributed by atoms with Crippen LogP contribution in [-0.2, 0) is 11.3 Å². The Kier molecular flexibility index (Phi) is 6.84. The molecule has 0 aliphatic carbocycles. The molecule has 3 rings (SSSR count). The van der Waals surface area contributed by atoms with Crippen LogP contribution in [0.25, 0.3) is 0 Å². The molecule has 2 aliphatic rings. The molecule has 0 unspecified atom stereocenters. The topological polar surface area (TPSA) is 44.8 Å². The number of carbonyl (C=O) groups excluding carboxylic acids is 1. The van der Waals surface area contributed by atoms with Crippen molar-refractivity contribution < 1.29 is 9.53 Å². The van der Waals surface area contributed by atoms with Crippen molar-refractivity contribution in [2.45, 2.75) is 25.8 Å². The first kappa shape index (κ1) is 18.4. The van der Waals surface area contributed by atoms with E-state index >= 15 is 0 Å². The molecule has 2 fully saturated rings. The molecule has 2 heterocycles. The highest BCUT2D eigenvalue weighted by Gasteiger charge is 2.17. The molecule has 5 heteroatoms. The minimum absolute atomic E-state index is 0.0526. The molecule has 2 aliphatic heterocycles. The van der Waals surface area contributed by atoms with Crippen molar-refractivity contribution in [3.8, 4) is 0 Å². The van der Waals surface area contributed by atoms with Crippen LogP contribution in [0.4, 0.5) is 0 Å². The van der Waals surface area contributed by atoms with Gasteiger partial charge in [-0.2, -0.15) is 0 Å². The molecule has 0 bridgehead atoms. The third-order valence-electron chi connectivity index (χ3n) is 5.38. The number of rotatable bonds is 6. The van der Waals surface area contributed by atoms with Crippen LogP contribution in [0.15, 0.2) is 24.3 Å². The lowest BCUT2D eigenvalue weighted by atomic mass is 9.94. The number of hydrogen-bond acceptors (Lipinski definition) is 4. The molecule has 0 saturated carbocycles. The molecule has 2 saturated heterocycles. The van der Waals surface area contributed by atoms with E-state index in [4.69, 9.17) is 4.74 Å². The second-order valence-corrected chi connectivity index (χ2v) is 7.38. The van der Waals surface area contributed by atoms with Gasteiger partial charge in [0.05, 0.1) is 13.2 Å². The minimum Gasteiger partial charge on any atom is -0.379 e. The van der Waals surface area contributed by atoms with Gasteiger partial charge in [0.2, 0.25) is 0 Å². The van der Waals surface area contributed by atoms with Crippen LogP contribution < -0.4 is 5.32 Å². The fraction of sp³-hybridized carbons (Fsp3) is 0.650. The van der Waals surface area contributed by atoms with Crippen molar-refractivity contribution in [2.24, 2.45) is 5.92 Å². The zero-order chi connectivity index (χ0) is 17.5.